The fourth-order valence-corrected chi connectivity index (χ4v) is 3.29. The Morgan fingerprint density at radius 2 is 2.21 bits per heavy atom. The van der Waals surface area contributed by atoms with E-state index in [4.69, 9.17) is 4.98 Å². The summed E-state index contributed by atoms with van der Waals surface area (Å²) in [6.07, 6.45) is 9.20. The first kappa shape index (κ1) is 13.2. The van der Waals surface area contributed by atoms with Crippen molar-refractivity contribution < 1.29 is 0 Å². The highest BCUT2D eigenvalue weighted by molar-refractivity contribution is 5.24. The summed E-state index contributed by atoms with van der Waals surface area (Å²) in [5.74, 6) is 2.16. The van der Waals surface area contributed by atoms with Crippen LogP contribution in [0, 0.1) is 0 Å². The Morgan fingerprint density at radius 3 is 2.95 bits per heavy atom. The lowest BCUT2D eigenvalue weighted by molar-refractivity contribution is 0.444. The number of rotatable bonds is 6. The lowest BCUT2D eigenvalue weighted by Gasteiger charge is -2.22. The molecule has 1 aliphatic carbocycles. The van der Waals surface area contributed by atoms with Crippen LogP contribution in [0.15, 0.2) is 0 Å². The molecule has 2 heterocycles. The van der Waals surface area contributed by atoms with Gasteiger partial charge in [-0.15, -0.1) is 0 Å². The molecule has 106 valence electrons. The predicted octanol–water partition coefficient (Wildman–Crippen LogP) is 3.55. The lowest BCUT2D eigenvalue weighted by Crippen LogP contribution is -2.25. The van der Waals surface area contributed by atoms with Gasteiger partial charge in [0.2, 0.25) is 0 Å². The second-order valence-electron chi connectivity index (χ2n) is 6.28. The van der Waals surface area contributed by atoms with Crippen LogP contribution in [0.25, 0.3) is 0 Å². The number of nitrogens with one attached hydrogen (secondary N) is 1. The molecule has 1 unspecified atom stereocenters. The minimum atomic E-state index is 0.636. The number of aromatic nitrogens is 2. The zero-order valence-corrected chi connectivity index (χ0v) is 12.4. The van der Waals surface area contributed by atoms with Gasteiger partial charge in [0.25, 0.3) is 0 Å². The lowest BCUT2D eigenvalue weighted by atomic mass is 10.1. The van der Waals surface area contributed by atoms with Crippen LogP contribution in [0.2, 0.25) is 0 Å². The molecular formula is C16H27N3. The number of imidazole rings is 1. The van der Waals surface area contributed by atoms with Crippen molar-refractivity contribution in [1.82, 2.24) is 14.9 Å². The number of unbranched alkanes of at least 4 members (excludes halogenated alkanes) is 2. The first-order chi connectivity index (χ1) is 9.31. The average molecular weight is 261 g/mol. The van der Waals surface area contributed by atoms with E-state index in [1.165, 1.54) is 55.7 Å². The SMILES string of the molecule is CCCCCC(C)n1c(C2CC2)nc2c1CCNC2. The van der Waals surface area contributed by atoms with Crippen LogP contribution < -0.4 is 5.32 Å². The second-order valence-corrected chi connectivity index (χ2v) is 6.28. The molecule has 0 aromatic carbocycles. The highest BCUT2D eigenvalue weighted by Gasteiger charge is 2.33. The van der Waals surface area contributed by atoms with E-state index >= 15 is 0 Å². The Hall–Kier alpha value is -0.830. The van der Waals surface area contributed by atoms with Crippen LogP contribution in [0.3, 0.4) is 0 Å². The van der Waals surface area contributed by atoms with Gasteiger partial charge in [0.05, 0.1) is 5.69 Å². The smallest absolute Gasteiger partial charge is 0.112 e. The van der Waals surface area contributed by atoms with Crippen molar-refractivity contribution in [3.63, 3.8) is 0 Å². The monoisotopic (exact) mass is 261 g/mol. The van der Waals surface area contributed by atoms with Crippen LogP contribution in [-0.2, 0) is 13.0 Å². The molecule has 3 rings (SSSR count). The van der Waals surface area contributed by atoms with Crippen LogP contribution in [0.4, 0.5) is 0 Å². The molecule has 0 amide bonds. The van der Waals surface area contributed by atoms with Crippen LogP contribution >= 0.6 is 0 Å². The van der Waals surface area contributed by atoms with Crippen molar-refractivity contribution in [2.24, 2.45) is 0 Å². The van der Waals surface area contributed by atoms with Gasteiger partial charge in [-0.25, -0.2) is 4.98 Å². The number of hydrogen-bond donors (Lipinski definition) is 1. The largest absolute Gasteiger partial charge is 0.329 e. The van der Waals surface area contributed by atoms with Gasteiger partial charge >= 0.3 is 0 Å². The third kappa shape index (κ3) is 2.71. The van der Waals surface area contributed by atoms with Crippen molar-refractivity contribution in [2.45, 2.75) is 77.3 Å². The average Bonchev–Trinajstić information content (AvgIpc) is 3.19. The molecule has 1 aromatic rings. The Balaban J connectivity index is 1.82. The van der Waals surface area contributed by atoms with Gasteiger partial charge in [0.15, 0.2) is 0 Å². The number of fused-ring (bicyclic) bond motifs is 1. The zero-order chi connectivity index (χ0) is 13.2. The Labute approximate surface area is 116 Å². The fraction of sp³-hybridized carbons (Fsp3) is 0.812. The summed E-state index contributed by atoms with van der Waals surface area (Å²) in [6, 6.07) is 0.636. The maximum Gasteiger partial charge on any atom is 0.112 e. The maximum absolute atomic E-state index is 4.96. The van der Waals surface area contributed by atoms with E-state index in [1.54, 1.807) is 0 Å². The van der Waals surface area contributed by atoms with E-state index in [1.807, 2.05) is 0 Å². The highest BCUT2D eigenvalue weighted by Crippen LogP contribution is 2.42. The molecule has 0 saturated heterocycles. The van der Waals surface area contributed by atoms with Gasteiger partial charge in [-0.2, -0.15) is 0 Å². The third-order valence-corrected chi connectivity index (χ3v) is 4.56. The molecule has 1 N–H and O–H groups in total. The van der Waals surface area contributed by atoms with Crippen LogP contribution in [0.1, 0.15) is 81.5 Å². The molecule has 0 bridgehead atoms. The summed E-state index contributed by atoms with van der Waals surface area (Å²) >= 11 is 0. The summed E-state index contributed by atoms with van der Waals surface area (Å²) in [4.78, 5) is 4.96. The van der Waals surface area contributed by atoms with Crippen molar-refractivity contribution in [2.75, 3.05) is 6.54 Å². The molecule has 19 heavy (non-hydrogen) atoms. The summed E-state index contributed by atoms with van der Waals surface area (Å²) in [6.45, 7) is 6.77. The van der Waals surface area contributed by atoms with Gasteiger partial charge in [-0.05, 0) is 26.2 Å². The molecule has 2 aliphatic rings. The molecule has 0 radical (unpaired) electrons. The van der Waals surface area contributed by atoms with E-state index in [0.717, 1.165) is 25.4 Å². The molecule has 1 atom stereocenters. The molecule has 3 nitrogen and oxygen atoms in total. The molecule has 1 aromatic heterocycles. The van der Waals surface area contributed by atoms with Gasteiger partial charge in [-0.1, -0.05) is 26.2 Å². The second kappa shape index (κ2) is 5.66. The zero-order valence-electron chi connectivity index (χ0n) is 12.4. The Kier molecular flexibility index (Phi) is 3.92. The summed E-state index contributed by atoms with van der Waals surface area (Å²) < 4.78 is 2.61. The predicted molar refractivity (Wildman–Crippen MR) is 78.5 cm³/mol. The first-order valence-electron chi connectivity index (χ1n) is 8.11. The van der Waals surface area contributed by atoms with E-state index in [2.05, 4.69) is 23.7 Å². The molecular weight excluding hydrogens is 234 g/mol. The van der Waals surface area contributed by atoms with E-state index < -0.39 is 0 Å². The minimum Gasteiger partial charge on any atom is -0.329 e. The summed E-state index contributed by atoms with van der Waals surface area (Å²) in [7, 11) is 0. The number of nitrogens with zero attached hydrogens (tertiary/aromatic N) is 2. The van der Waals surface area contributed by atoms with Gasteiger partial charge in [0.1, 0.15) is 5.82 Å². The molecule has 0 spiro atoms. The third-order valence-electron chi connectivity index (χ3n) is 4.56. The van der Waals surface area contributed by atoms with E-state index in [9.17, 15) is 0 Å². The van der Waals surface area contributed by atoms with Crippen molar-refractivity contribution in [3.05, 3.63) is 17.2 Å². The Bertz CT molecular complexity index is 431. The van der Waals surface area contributed by atoms with Gasteiger partial charge < -0.3 is 9.88 Å². The maximum atomic E-state index is 4.96. The fourth-order valence-electron chi connectivity index (χ4n) is 3.29. The van der Waals surface area contributed by atoms with Crippen molar-refractivity contribution >= 4 is 0 Å². The van der Waals surface area contributed by atoms with Gasteiger partial charge in [0, 0.05) is 37.2 Å². The standard InChI is InChI=1S/C16H27N3/c1-3-4-5-6-12(2)19-15-9-10-17-11-14(15)18-16(19)13-7-8-13/h12-13,17H,3-11H2,1-2H3. The summed E-state index contributed by atoms with van der Waals surface area (Å²) in [5.41, 5.74) is 2.86. The number of hydrogen-bond acceptors (Lipinski definition) is 2. The first-order valence-corrected chi connectivity index (χ1v) is 8.11. The van der Waals surface area contributed by atoms with Crippen molar-refractivity contribution in [3.8, 4) is 0 Å². The topological polar surface area (TPSA) is 29.9 Å². The molecule has 1 saturated carbocycles. The molecule has 1 aliphatic heterocycles. The van der Waals surface area contributed by atoms with Gasteiger partial charge in [-0.3, -0.25) is 0 Å². The Morgan fingerprint density at radius 1 is 1.37 bits per heavy atom. The quantitative estimate of drug-likeness (QED) is 0.794. The van der Waals surface area contributed by atoms with Crippen LogP contribution in [-0.4, -0.2) is 16.1 Å². The normalized spacial score (nSPS) is 20.3. The highest BCUT2D eigenvalue weighted by atomic mass is 15.1. The van der Waals surface area contributed by atoms with Crippen molar-refractivity contribution in [1.29, 1.82) is 0 Å². The molecule has 1 fully saturated rings. The summed E-state index contributed by atoms with van der Waals surface area (Å²) in [5, 5.41) is 3.46. The van der Waals surface area contributed by atoms with E-state index in [0.29, 0.717) is 6.04 Å². The van der Waals surface area contributed by atoms with Crippen LogP contribution in [0.5, 0.6) is 0 Å². The minimum absolute atomic E-state index is 0.636. The molecule has 3 heteroatoms. The van der Waals surface area contributed by atoms with E-state index in [-0.39, 0.29) is 0 Å².